The molecular weight excluding hydrogens is 519 g/mol. The second-order valence-electron chi connectivity index (χ2n) is 10.1. The van der Waals surface area contributed by atoms with E-state index in [9.17, 15) is 26.9 Å². The Balaban J connectivity index is 1.62. The summed E-state index contributed by atoms with van der Waals surface area (Å²) in [4.78, 5) is 0.854. The van der Waals surface area contributed by atoms with E-state index in [1.807, 2.05) is 11.0 Å². The molecule has 0 radical (unpaired) electrons. The van der Waals surface area contributed by atoms with Gasteiger partial charge in [-0.25, -0.2) is 8.42 Å². The molecule has 1 aromatic carbocycles. The summed E-state index contributed by atoms with van der Waals surface area (Å²) in [5.74, 6) is 0.342. The molecule has 0 aliphatic heterocycles. The van der Waals surface area contributed by atoms with Crippen LogP contribution in [-0.2, 0) is 10.0 Å². The number of nitriles is 1. The van der Waals surface area contributed by atoms with Crippen LogP contribution in [0.1, 0.15) is 57.1 Å². The zero-order valence-corrected chi connectivity index (χ0v) is 22.2. The number of benzene rings is 1. The van der Waals surface area contributed by atoms with Crippen molar-refractivity contribution in [3.05, 3.63) is 51.4 Å². The van der Waals surface area contributed by atoms with Crippen molar-refractivity contribution in [1.29, 1.82) is 5.26 Å². The van der Waals surface area contributed by atoms with Crippen molar-refractivity contribution in [2.45, 2.75) is 68.1 Å². The SMILES string of the molecule is CSC1=CC(C)CC=c2c(c(C#N)c(-c3ccc(S(=O)(=O)NC4(C(F)(F)F)CC4)cc3)n2C2CCC2)=C1. The zero-order valence-electron chi connectivity index (χ0n) is 20.6. The van der Waals surface area contributed by atoms with Crippen molar-refractivity contribution in [2.75, 3.05) is 6.26 Å². The van der Waals surface area contributed by atoms with Gasteiger partial charge in [0.25, 0.3) is 0 Å². The van der Waals surface area contributed by atoms with Crippen molar-refractivity contribution in [1.82, 2.24) is 9.29 Å². The second-order valence-corrected chi connectivity index (χ2v) is 12.7. The quantitative estimate of drug-likeness (QED) is 0.554. The summed E-state index contributed by atoms with van der Waals surface area (Å²) in [6, 6.07) is 8.45. The number of nitrogens with one attached hydrogen (secondary N) is 1. The van der Waals surface area contributed by atoms with E-state index >= 15 is 0 Å². The molecule has 5 rings (SSSR count). The summed E-state index contributed by atoms with van der Waals surface area (Å²) >= 11 is 1.63. The topological polar surface area (TPSA) is 74.9 Å². The van der Waals surface area contributed by atoms with E-state index in [1.165, 1.54) is 12.1 Å². The third-order valence-corrected chi connectivity index (χ3v) is 9.83. The van der Waals surface area contributed by atoms with E-state index in [1.54, 1.807) is 23.9 Å². The van der Waals surface area contributed by atoms with Crippen LogP contribution in [0.2, 0.25) is 0 Å². The Hall–Kier alpha value is -2.48. The van der Waals surface area contributed by atoms with Crippen LogP contribution in [0.5, 0.6) is 0 Å². The van der Waals surface area contributed by atoms with Gasteiger partial charge < -0.3 is 4.57 Å². The molecule has 1 atom stereocenters. The Morgan fingerprint density at radius 3 is 2.38 bits per heavy atom. The first-order valence-corrected chi connectivity index (χ1v) is 15.0. The highest BCUT2D eigenvalue weighted by molar-refractivity contribution is 8.02. The summed E-state index contributed by atoms with van der Waals surface area (Å²) in [5, 5.41) is 12.1. The van der Waals surface area contributed by atoms with Crippen molar-refractivity contribution in [2.24, 2.45) is 5.92 Å². The largest absolute Gasteiger partial charge is 0.407 e. The molecule has 37 heavy (non-hydrogen) atoms. The number of sulfonamides is 1. The molecule has 0 spiro atoms. The summed E-state index contributed by atoms with van der Waals surface area (Å²) in [6.45, 7) is 2.16. The number of hydrogen-bond donors (Lipinski definition) is 1. The number of halogens is 3. The van der Waals surface area contributed by atoms with Crippen LogP contribution in [-0.4, -0.2) is 31.0 Å². The van der Waals surface area contributed by atoms with Crippen LogP contribution >= 0.6 is 11.8 Å². The first-order valence-electron chi connectivity index (χ1n) is 12.3. The van der Waals surface area contributed by atoms with Gasteiger partial charge >= 0.3 is 6.18 Å². The number of nitrogens with zero attached hydrogens (tertiary/aromatic N) is 2. The molecule has 2 fully saturated rings. The maximum absolute atomic E-state index is 13.3. The Kier molecular flexibility index (Phi) is 6.62. The van der Waals surface area contributed by atoms with Gasteiger partial charge in [-0.3, -0.25) is 0 Å². The first-order chi connectivity index (χ1) is 17.5. The van der Waals surface area contributed by atoms with Crippen LogP contribution < -0.4 is 15.3 Å². The molecule has 10 heteroatoms. The minimum Gasteiger partial charge on any atom is -0.337 e. The number of hydrogen-bond acceptors (Lipinski definition) is 4. The van der Waals surface area contributed by atoms with Crippen molar-refractivity contribution < 1.29 is 21.6 Å². The lowest BCUT2D eigenvalue weighted by Crippen LogP contribution is -2.47. The van der Waals surface area contributed by atoms with E-state index in [-0.39, 0.29) is 23.8 Å². The van der Waals surface area contributed by atoms with Crippen LogP contribution in [0.4, 0.5) is 13.2 Å². The van der Waals surface area contributed by atoms with Crippen LogP contribution in [0, 0.1) is 17.2 Å². The maximum Gasteiger partial charge on any atom is 0.407 e. The number of allylic oxidation sites excluding steroid dienone is 2. The molecule has 1 heterocycles. The van der Waals surface area contributed by atoms with Crippen LogP contribution in [0.15, 0.2) is 40.1 Å². The normalized spacial score (nSPS) is 21.3. The van der Waals surface area contributed by atoms with Gasteiger partial charge in [-0.05, 0) is 74.5 Å². The van der Waals surface area contributed by atoms with Crippen LogP contribution in [0.3, 0.4) is 0 Å². The lowest BCUT2D eigenvalue weighted by molar-refractivity contribution is -0.160. The summed E-state index contributed by atoms with van der Waals surface area (Å²) in [7, 11) is -4.37. The van der Waals surface area contributed by atoms with Gasteiger partial charge in [0.05, 0.1) is 16.2 Å². The van der Waals surface area contributed by atoms with Crippen LogP contribution in [0.25, 0.3) is 23.4 Å². The fourth-order valence-corrected chi connectivity index (χ4v) is 7.09. The number of aromatic nitrogens is 1. The zero-order chi connectivity index (χ0) is 26.6. The molecule has 2 saturated carbocycles. The van der Waals surface area contributed by atoms with Gasteiger partial charge in [0.15, 0.2) is 0 Å². The summed E-state index contributed by atoms with van der Waals surface area (Å²) in [5.41, 5.74) is -0.463. The van der Waals surface area contributed by atoms with Gasteiger partial charge in [-0.15, -0.1) is 11.8 Å². The molecule has 0 saturated heterocycles. The molecule has 3 aliphatic carbocycles. The van der Waals surface area contributed by atoms with E-state index in [0.717, 1.165) is 46.9 Å². The average molecular weight is 548 g/mol. The Bertz CT molecular complexity index is 1520. The van der Waals surface area contributed by atoms with Gasteiger partial charge in [0.1, 0.15) is 11.6 Å². The molecule has 196 valence electrons. The lowest BCUT2D eigenvalue weighted by Gasteiger charge is -2.30. The first kappa shape index (κ1) is 26.1. The minimum atomic E-state index is -4.64. The van der Waals surface area contributed by atoms with Gasteiger partial charge in [0, 0.05) is 21.5 Å². The summed E-state index contributed by atoms with van der Waals surface area (Å²) in [6.07, 6.45) is 7.17. The fourth-order valence-electron chi connectivity index (χ4n) is 5.04. The van der Waals surface area contributed by atoms with Gasteiger partial charge in [0.2, 0.25) is 10.0 Å². The van der Waals surface area contributed by atoms with Gasteiger partial charge in [-0.1, -0.05) is 31.2 Å². The van der Waals surface area contributed by atoms with E-state index < -0.39 is 21.7 Å². The highest BCUT2D eigenvalue weighted by Crippen LogP contribution is 2.49. The number of rotatable bonds is 6. The Labute approximate surface area is 218 Å². The predicted molar refractivity (Wildman–Crippen MR) is 139 cm³/mol. The molecule has 1 unspecified atom stereocenters. The second kappa shape index (κ2) is 9.37. The lowest BCUT2D eigenvalue weighted by atomic mass is 9.92. The molecular formula is C27H28F3N3O2S2. The smallest absolute Gasteiger partial charge is 0.337 e. The highest BCUT2D eigenvalue weighted by atomic mass is 32.2. The van der Waals surface area contributed by atoms with Crippen molar-refractivity contribution >= 4 is 33.9 Å². The molecule has 1 aromatic heterocycles. The molecule has 1 N–H and O–H groups in total. The Morgan fingerprint density at radius 2 is 1.86 bits per heavy atom. The van der Waals surface area contributed by atoms with E-state index in [2.05, 4.69) is 35.8 Å². The highest BCUT2D eigenvalue weighted by Gasteiger charge is 2.65. The molecule has 0 bridgehead atoms. The number of alkyl halides is 3. The third-order valence-electron chi connectivity index (χ3n) is 7.55. The minimum absolute atomic E-state index is 0.232. The molecule has 5 nitrogen and oxygen atoms in total. The van der Waals surface area contributed by atoms with E-state index in [0.29, 0.717) is 17.0 Å². The molecule has 3 aliphatic rings. The maximum atomic E-state index is 13.3. The number of fused-ring (bicyclic) bond motifs is 1. The molecule has 0 amide bonds. The average Bonchev–Trinajstić information content (AvgIpc) is 3.52. The van der Waals surface area contributed by atoms with Crippen molar-refractivity contribution in [3.8, 4) is 17.3 Å². The summed E-state index contributed by atoms with van der Waals surface area (Å²) < 4.78 is 69.7. The number of thioether (sulfide) groups is 1. The molecule has 2 aromatic rings. The third kappa shape index (κ3) is 4.66. The Morgan fingerprint density at radius 1 is 1.19 bits per heavy atom. The van der Waals surface area contributed by atoms with Gasteiger partial charge in [-0.2, -0.15) is 23.2 Å². The fraction of sp³-hybridized carbons (Fsp3) is 0.444. The standard InChI is InChI=1S/C27H28F3N3O2S2/c1-17-6-11-24-22(15-20(14-17)36-2)23(16-31)25(33(24)19-4-3-5-19)18-7-9-21(10-8-18)37(34,35)32-26(12-13-26)27(28,29)30/h7-11,14-15,17,19,32H,3-6,12-13H2,1-2H3. The predicted octanol–water partition coefficient (Wildman–Crippen LogP) is 4.97. The van der Waals surface area contributed by atoms with E-state index in [4.69, 9.17) is 0 Å². The monoisotopic (exact) mass is 547 g/mol. The van der Waals surface area contributed by atoms with Crippen molar-refractivity contribution in [3.63, 3.8) is 0 Å².